The van der Waals surface area contributed by atoms with Gasteiger partial charge in [-0.05, 0) is 63.3 Å². The van der Waals surface area contributed by atoms with Crippen LogP contribution in [-0.4, -0.2) is 45.5 Å². The minimum atomic E-state index is -0.0140. The highest BCUT2D eigenvalue weighted by molar-refractivity contribution is 7.19. The van der Waals surface area contributed by atoms with Crippen LogP contribution in [-0.2, 0) is 0 Å². The molecular formula is C21H25N5O2S. The standard InChI is InChI=1S/C21H25N5O2S/c1-4-28-16-11-14(3)13(2)10-15(16)24-18-17-19(23-12-22-18)29-20(25-17)21(27)26-8-6-5-7-9-26/h10-12H,4-9H2,1-3H3,(H,22,23,24). The number of fused-ring (bicyclic) bond motifs is 1. The van der Waals surface area contributed by atoms with Gasteiger partial charge in [0.2, 0.25) is 0 Å². The summed E-state index contributed by atoms with van der Waals surface area (Å²) in [7, 11) is 0. The van der Waals surface area contributed by atoms with Gasteiger partial charge in [0.15, 0.2) is 10.8 Å². The van der Waals surface area contributed by atoms with Crippen molar-refractivity contribution in [3.8, 4) is 5.75 Å². The number of nitrogens with one attached hydrogen (secondary N) is 1. The van der Waals surface area contributed by atoms with Gasteiger partial charge in [-0.3, -0.25) is 4.79 Å². The van der Waals surface area contributed by atoms with Crippen molar-refractivity contribution >= 4 is 39.1 Å². The van der Waals surface area contributed by atoms with Crippen LogP contribution in [0.2, 0.25) is 0 Å². The Bertz CT molecular complexity index is 1040. The molecule has 8 heteroatoms. The van der Waals surface area contributed by atoms with Gasteiger partial charge in [0, 0.05) is 13.1 Å². The Morgan fingerprint density at radius 2 is 1.93 bits per heavy atom. The fraction of sp³-hybridized carbons (Fsp3) is 0.429. The number of thiazole rings is 1. The van der Waals surface area contributed by atoms with E-state index < -0.39 is 0 Å². The maximum absolute atomic E-state index is 12.8. The summed E-state index contributed by atoms with van der Waals surface area (Å²) in [6, 6.07) is 4.06. The third-order valence-electron chi connectivity index (χ3n) is 5.17. The predicted molar refractivity (Wildman–Crippen MR) is 115 cm³/mol. The molecule has 3 heterocycles. The van der Waals surface area contributed by atoms with Crippen LogP contribution >= 0.6 is 11.3 Å². The molecule has 0 bridgehead atoms. The molecule has 0 atom stereocenters. The second-order valence-corrected chi connectivity index (χ2v) is 8.22. The Hall–Kier alpha value is -2.74. The van der Waals surface area contributed by atoms with E-state index in [0.717, 1.165) is 48.5 Å². The molecule has 152 valence electrons. The molecule has 29 heavy (non-hydrogen) atoms. The number of aromatic nitrogens is 3. The number of anilines is 2. The van der Waals surface area contributed by atoms with Crippen LogP contribution in [0, 0.1) is 13.8 Å². The second-order valence-electron chi connectivity index (χ2n) is 7.24. The molecule has 1 N–H and O–H groups in total. The van der Waals surface area contributed by atoms with E-state index in [-0.39, 0.29) is 5.91 Å². The summed E-state index contributed by atoms with van der Waals surface area (Å²) >= 11 is 1.32. The molecule has 2 aromatic heterocycles. The number of piperidine rings is 1. The van der Waals surface area contributed by atoms with Crippen LogP contribution in [0.5, 0.6) is 5.75 Å². The average molecular weight is 412 g/mol. The molecule has 0 spiro atoms. The molecular weight excluding hydrogens is 386 g/mol. The minimum Gasteiger partial charge on any atom is -0.492 e. The Labute approximate surface area is 174 Å². The maximum atomic E-state index is 12.8. The first-order valence-electron chi connectivity index (χ1n) is 9.98. The fourth-order valence-electron chi connectivity index (χ4n) is 3.46. The average Bonchev–Trinajstić information content (AvgIpc) is 3.17. The first-order chi connectivity index (χ1) is 14.1. The number of benzene rings is 1. The predicted octanol–water partition coefficient (Wildman–Crippen LogP) is 4.47. The molecule has 1 aromatic carbocycles. The highest BCUT2D eigenvalue weighted by Gasteiger charge is 2.23. The topological polar surface area (TPSA) is 80.2 Å². The van der Waals surface area contributed by atoms with Gasteiger partial charge in [0.25, 0.3) is 5.91 Å². The maximum Gasteiger partial charge on any atom is 0.282 e. The fourth-order valence-corrected chi connectivity index (χ4v) is 4.33. The highest BCUT2D eigenvalue weighted by Crippen LogP contribution is 2.33. The monoisotopic (exact) mass is 411 g/mol. The first kappa shape index (κ1) is 19.6. The van der Waals surface area contributed by atoms with Crippen molar-refractivity contribution < 1.29 is 9.53 Å². The van der Waals surface area contributed by atoms with Gasteiger partial charge in [0.1, 0.15) is 22.4 Å². The van der Waals surface area contributed by atoms with Gasteiger partial charge in [-0.1, -0.05) is 11.3 Å². The molecule has 1 fully saturated rings. The molecule has 3 aromatic rings. The van der Waals surface area contributed by atoms with Crippen LogP contribution in [0.1, 0.15) is 47.1 Å². The molecule has 1 aliphatic rings. The molecule has 0 unspecified atom stereocenters. The third-order valence-corrected chi connectivity index (χ3v) is 6.12. The zero-order valence-corrected chi connectivity index (χ0v) is 17.8. The number of rotatable bonds is 5. The van der Waals surface area contributed by atoms with Crippen LogP contribution in [0.25, 0.3) is 10.3 Å². The summed E-state index contributed by atoms with van der Waals surface area (Å²) in [6.07, 6.45) is 4.78. The first-order valence-corrected chi connectivity index (χ1v) is 10.8. The van der Waals surface area contributed by atoms with E-state index in [0.29, 0.717) is 27.8 Å². The molecule has 7 nitrogen and oxygen atoms in total. The van der Waals surface area contributed by atoms with E-state index in [2.05, 4.69) is 34.1 Å². The lowest BCUT2D eigenvalue weighted by Crippen LogP contribution is -2.35. The normalized spacial score (nSPS) is 14.2. The van der Waals surface area contributed by atoms with Crippen molar-refractivity contribution in [1.82, 2.24) is 19.9 Å². The number of hydrogen-bond acceptors (Lipinski definition) is 7. The summed E-state index contributed by atoms with van der Waals surface area (Å²) in [5.74, 6) is 1.33. The lowest BCUT2D eigenvalue weighted by Gasteiger charge is -2.25. The zero-order valence-electron chi connectivity index (χ0n) is 17.0. The molecule has 1 saturated heterocycles. The summed E-state index contributed by atoms with van der Waals surface area (Å²) in [4.78, 5) is 28.7. The van der Waals surface area contributed by atoms with Crippen LogP contribution < -0.4 is 10.1 Å². The van der Waals surface area contributed by atoms with E-state index in [1.807, 2.05) is 24.0 Å². The molecule has 0 radical (unpaired) electrons. The second kappa shape index (κ2) is 8.32. The van der Waals surface area contributed by atoms with E-state index in [1.54, 1.807) is 0 Å². The smallest absolute Gasteiger partial charge is 0.282 e. The van der Waals surface area contributed by atoms with E-state index >= 15 is 0 Å². The van der Waals surface area contributed by atoms with Gasteiger partial charge in [-0.2, -0.15) is 0 Å². The Kier molecular flexibility index (Phi) is 5.62. The number of aryl methyl sites for hydroxylation is 2. The highest BCUT2D eigenvalue weighted by atomic mass is 32.1. The van der Waals surface area contributed by atoms with Gasteiger partial charge >= 0.3 is 0 Å². The molecule has 0 aliphatic carbocycles. The quantitative estimate of drug-likeness (QED) is 0.667. The van der Waals surface area contributed by atoms with Crippen molar-refractivity contribution in [2.75, 3.05) is 25.0 Å². The number of hydrogen-bond donors (Lipinski definition) is 1. The van der Waals surface area contributed by atoms with Gasteiger partial charge in [-0.25, -0.2) is 15.0 Å². The molecule has 1 amide bonds. The lowest BCUT2D eigenvalue weighted by atomic mass is 10.1. The number of likely N-dealkylation sites (tertiary alicyclic amines) is 1. The van der Waals surface area contributed by atoms with Gasteiger partial charge < -0.3 is 15.0 Å². The van der Waals surface area contributed by atoms with Crippen LogP contribution in [0.4, 0.5) is 11.5 Å². The number of nitrogens with zero attached hydrogens (tertiary/aromatic N) is 4. The Morgan fingerprint density at radius 1 is 1.17 bits per heavy atom. The largest absolute Gasteiger partial charge is 0.492 e. The molecule has 4 rings (SSSR count). The lowest BCUT2D eigenvalue weighted by molar-refractivity contribution is 0.0724. The molecule has 0 saturated carbocycles. The van der Waals surface area contributed by atoms with E-state index in [4.69, 9.17) is 4.74 Å². The zero-order chi connectivity index (χ0) is 20.4. The van der Waals surface area contributed by atoms with Gasteiger partial charge in [0.05, 0.1) is 12.3 Å². The number of amides is 1. The number of carbonyl (C=O) groups excluding carboxylic acids is 1. The van der Waals surface area contributed by atoms with Crippen LogP contribution in [0.3, 0.4) is 0 Å². The summed E-state index contributed by atoms with van der Waals surface area (Å²) in [6.45, 7) is 8.24. The van der Waals surface area contributed by atoms with Crippen molar-refractivity contribution in [3.05, 3.63) is 34.6 Å². The van der Waals surface area contributed by atoms with Crippen molar-refractivity contribution in [1.29, 1.82) is 0 Å². The molecule has 1 aliphatic heterocycles. The van der Waals surface area contributed by atoms with Gasteiger partial charge in [-0.15, -0.1) is 0 Å². The van der Waals surface area contributed by atoms with E-state index in [9.17, 15) is 4.79 Å². The minimum absolute atomic E-state index is 0.0140. The Balaban J connectivity index is 1.68. The van der Waals surface area contributed by atoms with E-state index in [1.165, 1.54) is 24.1 Å². The summed E-state index contributed by atoms with van der Waals surface area (Å²) in [5.41, 5.74) is 3.75. The Morgan fingerprint density at radius 3 is 2.69 bits per heavy atom. The SMILES string of the molecule is CCOc1cc(C)c(C)cc1Nc1ncnc2sc(C(=O)N3CCCCC3)nc12. The van der Waals surface area contributed by atoms with Crippen LogP contribution in [0.15, 0.2) is 18.5 Å². The summed E-state index contributed by atoms with van der Waals surface area (Å²) in [5, 5.41) is 3.81. The summed E-state index contributed by atoms with van der Waals surface area (Å²) < 4.78 is 5.80. The van der Waals surface area contributed by atoms with Crippen molar-refractivity contribution in [2.45, 2.75) is 40.0 Å². The third kappa shape index (κ3) is 4.03. The van der Waals surface area contributed by atoms with Crippen molar-refractivity contribution in [2.24, 2.45) is 0 Å². The number of ether oxygens (including phenoxy) is 1. The van der Waals surface area contributed by atoms with Crippen molar-refractivity contribution in [3.63, 3.8) is 0 Å². The number of carbonyl (C=O) groups is 1.